The molecule has 1 aromatic carbocycles. The van der Waals surface area contributed by atoms with Gasteiger partial charge in [0.05, 0.1) is 4.92 Å². The topological polar surface area (TPSA) is 43.1 Å². The molecule has 0 unspecified atom stereocenters. The van der Waals surface area contributed by atoms with Gasteiger partial charge in [0, 0.05) is 12.1 Å². The Bertz CT molecular complexity index is 384. The van der Waals surface area contributed by atoms with E-state index in [0.29, 0.717) is 11.8 Å². The van der Waals surface area contributed by atoms with Crippen molar-refractivity contribution >= 4 is 5.69 Å². The van der Waals surface area contributed by atoms with Crippen molar-refractivity contribution in [3.63, 3.8) is 0 Å². The largest absolute Gasteiger partial charge is 0.269 e. The van der Waals surface area contributed by atoms with Gasteiger partial charge in [-0.05, 0) is 29.4 Å². The van der Waals surface area contributed by atoms with Crippen LogP contribution in [0.15, 0.2) is 18.2 Å². The summed E-state index contributed by atoms with van der Waals surface area (Å²) in [4.78, 5) is 10.5. The zero-order valence-electron chi connectivity index (χ0n) is 10.4. The average molecular weight is 221 g/mol. The van der Waals surface area contributed by atoms with Gasteiger partial charge >= 0.3 is 0 Å². The fourth-order valence-electron chi connectivity index (χ4n) is 1.73. The Balaban J connectivity index is 3.13. The lowest BCUT2D eigenvalue weighted by atomic mass is 9.96. The molecule has 0 bridgehead atoms. The number of nitrogens with zero attached hydrogens (tertiary/aromatic N) is 1. The van der Waals surface area contributed by atoms with E-state index in [-0.39, 0.29) is 10.6 Å². The third-order valence-electron chi connectivity index (χ3n) is 2.52. The first kappa shape index (κ1) is 12.7. The highest BCUT2D eigenvalue weighted by atomic mass is 16.6. The van der Waals surface area contributed by atoms with Gasteiger partial charge in [-0.3, -0.25) is 10.1 Å². The number of hydrogen-bond donors (Lipinski definition) is 0. The van der Waals surface area contributed by atoms with Crippen molar-refractivity contribution in [2.24, 2.45) is 5.92 Å². The lowest BCUT2D eigenvalue weighted by Gasteiger charge is -2.10. The molecule has 3 heteroatoms. The minimum absolute atomic E-state index is 0.210. The van der Waals surface area contributed by atoms with Crippen molar-refractivity contribution in [3.05, 3.63) is 39.4 Å². The van der Waals surface area contributed by atoms with Gasteiger partial charge in [-0.1, -0.05) is 33.8 Å². The molecule has 0 aliphatic carbocycles. The van der Waals surface area contributed by atoms with Gasteiger partial charge in [0.25, 0.3) is 5.69 Å². The predicted molar refractivity (Wildman–Crippen MR) is 65.7 cm³/mol. The summed E-state index contributed by atoms with van der Waals surface area (Å²) in [6, 6.07) is 5.44. The molecule has 0 saturated carbocycles. The van der Waals surface area contributed by atoms with E-state index in [9.17, 15) is 10.1 Å². The van der Waals surface area contributed by atoms with Crippen LogP contribution in [0.25, 0.3) is 0 Å². The third kappa shape index (κ3) is 3.33. The quantitative estimate of drug-likeness (QED) is 0.571. The molecule has 1 rings (SSSR count). The maximum Gasteiger partial charge on any atom is 0.269 e. The van der Waals surface area contributed by atoms with Crippen LogP contribution in [0.5, 0.6) is 0 Å². The zero-order chi connectivity index (χ0) is 12.3. The third-order valence-corrected chi connectivity index (χ3v) is 2.52. The van der Waals surface area contributed by atoms with Crippen molar-refractivity contribution in [2.45, 2.75) is 40.0 Å². The molecule has 0 aliphatic heterocycles. The van der Waals surface area contributed by atoms with Crippen LogP contribution < -0.4 is 0 Å². The second kappa shape index (κ2) is 5.10. The summed E-state index contributed by atoms with van der Waals surface area (Å²) >= 11 is 0. The summed E-state index contributed by atoms with van der Waals surface area (Å²) in [6.07, 6.45) is 0.890. The van der Waals surface area contributed by atoms with E-state index in [1.165, 1.54) is 0 Å². The van der Waals surface area contributed by atoms with E-state index >= 15 is 0 Å². The Labute approximate surface area is 96.6 Å². The smallest absolute Gasteiger partial charge is 0.258 e. The van der Waals surface area contributed by atoms with E-state index in [1.807, 2.05) is 0 Å². The molecule has 0 atom stereocenters. The Kier molecular flexibility index (Phi) is 4.05. The minimum Gasteiger partial charge on any atom is -0.258 e. The van der Waals surface area contributed by atoms with E-state index in [4.69, 9.17) is 0 Å². The van der Waals surface area contributed by atoms with Gasteiger partial charge < -0.3 is 0 Å². The number of rotatable bonds is 4. The lowest BCUT2D eigenvalue weighted by molar-refractivity contribution is -0.385. The second-order valence-electron chi connectivity index (χ2n) is 4.94. The monoisotopic (exact) mass is 221 g/mol. The molecule has 0 aromatic heterocycles. The Morgan fingerprint density at radius 2 is 1.81 bits per heavy atom. The highest BCUT2D eigenvalue weighted by molar-refractivity contribution is 5.40. The molecule has 3 nitrogen and oxygen atoms in total. The fraction of sp³-hybridized carbons (Fsp3) is 0.538. The predicted octanol–water partition coefficient (Wildman–Crippen LogP) is 3.92. The molecule has 0 fully saturated rings. The molecule has 16 heavy (non-hydrogen) atoms. The van der Waals surface area contributed by atoms with Gasteiger partial charge in [0.1, 0.15) is 0 Å². The fourth-order valence-corrected chi connectivity index (χ4v) is 1.73. The number of benzene rings is 1. The normalized spacial score (nSPS) is 11.1. The molecular weight excluding hydrogens is 202 g/mol. The summed E-state index contributed by atoms with van der Waals surface area (Å²) in [7, 11) is 0. The van der Waals surface area contributed by atoms with Crippen LogP contribution in [-0.4, -0.2) is 4.92 Å². The first-order chi connectivity index (χ1) is 7.40. The van der Waals surface area contributed by atoms with Gasteiger partial charge in [-0.15, -0.1) is 0 Å². The van der Waals surface area contributed by atoms with Gasteiger partial charge in [0.15, 0.2) is 0 Å². The summed E-state index contributed by atoms with van der Waals surface area (Å²) < 4.78 is 0. The van der Waals surface area contributed by atoms with Crippen molar-refractivity contribution in [1.82, 2.24) is 0 Å². The number of non-ortho nitro benzene ring substituents is 1. The standard InChI is InChI=1S/C13H19NO2/c1-9(2)5-11-6-12(10(3)4)8-13(7-11)14(15)16/h6-10H,5H2,1-4H3. The van der Waals surface area contributed by atoms with Crippen molar-refractivity contribution in [2.75, 3.05) is 0 Å². The molecule has 0 saturated heterocycles. The maximum absolute atomic E-state index is 10.8. The van der Waals surface area contributed by atoms with Gasteiger partial charge in [-0.25, -0.2) is 0 Å². The molecule has 0 spiro atoms. The van der Waals surface area contributed by atoms with Crippen LogP contribution in [0.3, 0.4) is 0 Å². The number of nitro groups is 1. The van der Waals surface area contributed by atoms with Crippen LogP contribution in [0.2, 0.25) is 0 Å². The van der Waals surface area contributed by atoms with E-state index in [2.05, 4.69) is 33.8 Å². The summed E-state index contributed by atoms with van der Waals surface area (Å²) in [5, 5.41) is 10.8. The Morgan fingerprint density at radius 1 is 1.19 bits per heavy atom. The maximum atomic E-state index is 10.8. The molecule has 88 valence electrons. The van der Waals surface area contributed by atoms with Crippen molar-refractivity contribution < 1.29 is 4.92 Å². The zero-order valence-corrected chi connectivity index (χ0v) is 10.4. The highest BCUT2D eigenvalue weighted by Gasteiger charge is 2.12. The second-order valence-corrected chi connectivity index (χ2v) is 4.94. The molecule has 0 radical (unpaired) electrons. The van der Waals surface area contributed by atoms with Gasteiger partial charge in [0.2, 0.25) is 0 Å². The Morgan fingerprint density at radius 3 is 2.25 bits per heavy atom. The Hall–Kier alpha value is -1.38. The van der Waals surface area contributed by atoms with E-state index in [0.717, 1.165) is 17.5 Å². The summed E-state index contributed by atoms with van der Waals surface area (Å²) in [5.41, 5.74) is 2.32. The summed E-state index contributed by atoms with van der Waals surface area (Å²) in [6.45, 7) is 8.35. The first-order valence-electron chi connectivity index (χ1n) is 5.68. The molecule has 0 aliphatic rings. The number of hydrogen-bond acceptors (Lipinski definition) is 2. The van der Waals surface area contributed by atoms with Crippen molar-refractivity contribution in [1.29, 1.82) is 0 Å². The summed E-state index contributed by atoms with van der Waals surface area (Å²) in [5.74, 6) is 0.841. The number of nitro benzene ring substituents is 1. The van der Waals surface area contributed by atoms with Gasteiger partial charge in [-0.2, -0.15) is 0 Å². The SMILES string of the molecule is CC(C)Cc1cc(C(C)C)cc([N+](=O)[O-])c1. The van der Waals surface area contributed by atoms with E-state index < -0.39 is 0 Å². The van der Waals surface area contributed by atoms with Crippen LogP contribution in [0, 0.1) is 16.0 Å². The minimum atomic E-state index is -0.310. The van der Waals surface area contributed by atoms with Crippen LogP contribution in [0.1, 0.15) is 44.7 Å². The molecule has 1 aromatic rings. The molecular formula is C13H19NO2. The lowest BCUT2D eigenvalue weighted by Crippen LogP contribution is -1.99. The van der Waals surface area contributed by atoms with E-state index in [1.54, 1.807) is 12.1 Å². The molecule has 0 amide bonds. The molecule has 0 N–H and O–H groups in total. The molecule has 0 heterocycles. The first-order valence-corrected chi connectivity index (χ1v) is 5.68. The van der Waals surface area contributed by atoms with Crippen LogP contribution in [-0.2, 0) is 6.42 Å². The average Bonchev–Trinajstić information content (AvgIpc) is 2.15. The van der Waals surface area contributed by atoms with Crippen molar-refractivity contribution in [3.8, 4) is 0 Å². The van der Waals surface area contributed by atoms with Crippen LogP contribution >= 0.6 is 0 Å². The highest BCUT2D eigenvalue weighted by Crippen LogP contribution is 2.24. The van der Waals surface area contributed by atoms with Crippen LogP contribution in [0.4, 0.5) is 5.69 Å².